The average Bonchev–Trinajstić information content (AvgIpc) is 3.68. The Bertz CT molecular complexity index is 1300. The molecule has 50 heavy (non-hydrogen) atoms. The highest BCUT2D eigenvalue weighted by Gasteiger charge is 2.85. The number of morpholine rings is 1. The summed E-state index contributed by atoms with van der Waals surface area (Å²) in [6.45, 7) is 23.3. The number of nitrogens with zero attached hydrogens (tertiary/aromatic N) is 1. The summed E-state index contributed by atoms with van der Waals surface area (Å²) in [5.41, 5.74) is -1.91. The van der Waals surface area contributed by atoms with Crippen molar-refractivity contribution in [3.8, 4) is 0 Å². The van der Waals surface area contributed by atoms with Gasteiger partial charge >= 0.3 is 5.97 Å². The molecule has 0 aromatic carbocycles. The lowest BCUT2D eigenvalue weighted by atomic mass is 9.39. The molecule has 2 spiro atoms. The molecule has 7 aliphatic rings. The molecule has 13 unspecified atom stereocenters. The van der Waals surface area contributed by atoms with Crippen LogP contribution in [0.3, 0.4) is 0 Å². The lowest BCUT2D eigenvalue weighted by molar-refractivity contribution is -0.257. The summed E-state index contributed by atoms with van der Waals surface area (Å²) >= 11 is 0. The molecule has 5 saturated carbocycles. The molecule has 2 saturated heterocycles. The number of esters is 1. The van der Waals surface area contributed by atoms with E-state index >= 15 is 0 Å². The number of carbonyl (C=O) groups is 1. The third kappa shape index (κ3) is 5.05. The summed E-state index contributed by atoms with van der Waals surface area (Å²) < 4.78 is 24.3. The van der Waals surface area contributed by atoms with Crippen molar-refractivity contribution < 1.29 is 39.1 Å². The van der Waals surface area contributed by atoms with Gasteiger partial charge in [0.2, 0.25) is 0 Å². The Balaban J connectivity index is 1.09. The summed E-state index contributed by atoms with van der Waals surface area (Å²) in [6.07, 6.45) is 6.95. The van der Waals surface area contributed by atoms with Crippen LogP contribution in [-0.4, -0.2) is 101 Å². The number of rotatable bonds is 10. The first-order chi connectivity index (χ1) is 23.3. The molecule has 0 aromatic heterocycles. The molecule has 0 bridgehead atoms. The highest BCUT2D eigenvalue weighted by molar-refractivity contribution is 5.69. The van der Waals surface area contributed by atoms with E-state index in [9.17, 15) is 20.1 Å². The van der Waals surface area contributed by atoms with Crippen molar-refractivity contribution in [3.63, 3.8) is 0 Å². The first-order valence-electron chi connectivity index (χ1n) is 20.2. The van der Waals surface area contributed by atoms with Crippen LogP contribution in [-0.2, 0) is 23.7 Å². The summed E-state index contributed by atoms with van der Waals surface area (Å²) in [7, 11) is 0. The maximum atomic E-state index is 12.3. The number of hydrogen-bond acceptors (Lipinski definition) is 9. The summed E-state index contributed by atoms with van der Waals surface area (Å²) in [4.78, 5) is 14.7. The Kier molecular flexibility index (Phi) is 9.27. The zero-order valence-electron chi connectivity index (χ0n) is 32.6. The van der Waals surface area contributed by atoms with Gasteiger partial charge in [0.1, 0.15) is 6.10 Å². The maximum absolute atomic E-state index is 12.3. The summed E-state index contributed by atoms with van der Waals surface area (Å²) in [5.74, 6) is 0.655. The SMILES string of the molecule is CCC(=O)OC(CCC(C)C1(C)C(O)C(O)C2(C)C3CCC4C(C)(C)C(OC5CN(C6COC6)CCO5)CCC45CC35CCC12C)C(C)(C)O. The average molecular weight is 704 g/mol. The molecule has 0 aromatic rings. The molecule has 2 heterocycles. The van der Waals surface area contributed by atoms with Gasteiger partial charge < -0.3 is 34.3 Å². The van der Waals surface area contributed by atoms with Crippen molar-refractivity contribution in [1.29, 1.82) is 0 Å². The number of ether oxygens (including phenoxy) is 4. The van der Waals surface area contributed by atoms with Gasteiger partial charge in [-0.2, -0.15) is 0 Å². The third-order valence-electron chi connectivity index (χ3n) is 17.6. The van der Waals surface area contributed by atoms with Crippen LogP contribution in [0.4, 0.5) is 0 Å². The van der Waals surface area contributed by atoms with Gasteiger partial charge in [-0.1, -0.05) is 48.5 Å². The Morgan fingerprint density at radius 2 is 1.64 bits per heavy atom. The Morgan fingerprint density at radius 3 is 2.28 bits per heavy atom. The van der Waals surface area contributed by atoms with E-state index in [-0.39, 0.29) is 52.4 Å². The van der Waals surface area contributed by atoms with Gasteiger partial charge in [0.05, 0.1) is 56.3 Å². The van der Waals surface area contributed by atoms with Gasteiger partial charge in [0, 0.05) is 23.8 Å². The topological polar surface area (TPSA) is 118 Å². The first-order valence-corrected chi connectivity index (χ1v) is 20.2. The highest BCUT2D eigenvalue weighted by Crippen LogP contribution is 2.90. The molecule has 0 amide bonds. The molecule has 3 N–H and O–H groups in total. The van der Waals surface area contributed by atoms with Crippen LogP contribution in [0, 0.1) is 50.2 Å². The number of fused-ring (bicyclic) bond motifs is 2. The third-order valence-corrected chi connectivity index (χ3v) is 17.6. The Morgan fingerprint density at radius 1 is 0.960 bits per heavy atom. The molecular formula is C41H69NO8. The van der Waals surface area contributed by atoms with Gasteiger partial charge in [0.15, 0.2) is 6.29 Å². The standard InChI is InChI=1S/C41H69NO8/c1-10-31(43)49-30(36(5,6)46)14-11-25(2)38(8)33(44)34(45)39(9)28-13-12-27-35(3,4)29(50-32-21-42(19-20-48-32)26-22-47-23-26)15-16-40(27)24-41(28,40)18-17-37(38,39)7/h25-30,32-34,44-46H,10-24H2,1-9H3. The van der Waals surface area contributed by atoms with E-state index in [1.54, 1.807) is 20.8 Å². The van der Waals surface area contributed by atoms with Crippen molar-refractivity contribution in [2.75, 3.05) is 32.9 Å². The van der Waals surface area contributed by atoms with E-state index < -0.39 is 34.7 Å². The fourth-order valence-corrected chi connectivity index (χ4v) is 14.0. The van der Waals surface area contributed by atoms with Crippen LogP contribution in [0.5, 0.6) is 0 Å². The number of aliphatic hydroxyl groups is 3. The molecule has 286 valence electrons. The van der Waals surface area contributed by atoms with Gasteiger partial charge in [0.25, 0.3) is 0 Å². The monoisotopic (exact) mass is 704 g/mol. The van der Waals surface area contributed by atoms with Crippen LogP contribution in [0.2, 0.25) is 0 Å². The highest BCUT2D eigenvalue weighted by atomic mass is 16.7. The van der Waals surface area contributed by atoms with E-state index in [4.69, 9.17) is 18.9 Å². The minimum absolute atomic E-state index is 0.0225. The molecule has 7 fully saturated rings. The molecule has 13 atom stereocenters. The predicted molar refractivity (Wildman–Crippen MR) is 190 cm³/mol. The zero-order chi connectivity index (χ0) is 36.3. The van der Waals surface area contributed by atoms with Crippen LogP contribution in [0.1, 0.15) is 127 Å². The smallest absolute Gasteiger partial charge is 0.305 e. The van der Waals surface area contributed by atoms with E-state index in [1.807, 2.05) is 0 Å². The van der Waals surface area contributed by atoms with Crippen LogP contribution in [0.25, 0.3) is 0 Å². The van der Waals surface area contributed by atoms with Crippen LogP contribution < -0.4 is 0 Å². The number of hydrogen-bond donors (Lipinski definition) is 3. The maximum Gasteiger partial charge on any atom is 0.305 e. The lowest BCUT2D eigenvalue weighted by Crippen LogP contribution is -2.61. The molecule has 7 rings (SSSR count). The zero-order valence-corrected chi connectivity index (χ0v) is 32.6. The van der Waals surface area contributed by atoms with Gasteiger partial charge in [-0.3, -0.25) is 9.69 Å². The van der Waals surface area contributed by atoms with Crippen molar-refractivity contribution in [1.82, 2.24) is 4.90 Å². The lowest BCUT2D eigenvalue weighted by Gasteiger charge is -2.65. The van der Waals surface area contributed by atoms with Crippen molar-refractivity contribution in [2.24, 2.45) is 50.2 Å². The van der Waals surface area contributed by atoms with Crippen molar-refractivity contribution in [2.45, 2.75) is 169 Å². The molecule has 9 heteroatoms. The Labute approximate surface area is 301 Å². The van der Waals surface area contributed by atoms with E-state index in [0.717, 1.165) is 58.4 Å². The quantitative estimate of drug-likeness (QED) is 0.246. The van der Waals surface area contributed by atoms with E-state index in [0.29, 0.717) is 37.3 Å². The fourth-order valence-electron chi connectivity index (χ4n) is 14.0. The number of carbonyl (C=O) groups excluding carboxylic acids is 1. The van der Waals surface area contributed by atoms with Crippen LogP contribution in [0.15, 0.2) is 0 Å². The second-order valence-corrected chi connectivity index (χ2v) is 19.9. The normalized spacial score (nSPS) is 48.3. The molecule has 5 aliphatic carbocycles. The fraction of sp³-hybridized carbons (Fsp3) is 0.976. The van der Waals surface area contributed by atoms with Gasteiger partial charge in [-0.05, 0) is 111 Å². The van der Waals surface area contributed by atoms with Crippen LogP contribution >= 0.6 is 0 Å². The molecule has 0 radical (unpaired) electrons. The summed E-state index contributed by atoms with van der Waals surface area (Å²) in [6, 6.07) is 0.497. The van der Waals surface area contributed by atoms with E-state index in [1.165, 1.54) is 12.8 Å². The van der Waals surface area contributed by atoms with Crippen molar-refractivity contribution in [3.05, 3.63) is 0 Å². The summed E-state index contributed by atoms with van der Waals surface area (Å²) in [5, 5.41) is 35.4. The number of aliphatic hydroxyl groups excluding tert-OH is 2. The minimum Gasteiger partial charge on any atom is -0.459 e. The molecule has 9 nitrogen and oxygen atoms in total. The first kappa shape index (κ1) is 37.5. The largest absolute Gasteiger partial charge is 0.459 e. The van der Waals surface area contributed by atoms with Gasteiger partial charge in [-0.15, -0.1) is 0 Å². The second kappa shape index (κ2) is 12.4. The predicted octanol–water partition coefficient (Wildman–Crippen LogP) is 5.71. The van der Waals surface area contributed by atoms with E-state index in [2.05, 4.69) is 46.4 Å². The minimum atomic E-state index is -1.17. The Hall–Kier alpha value is -0.810. The second-order valence-electron chi connectivity index (χ2n) is 19.9. The molecular weight excluding hydrogens is 634 g/mol. The van der Waals surface area contributed by atoms with Gasteiger partial charge in [-0.25, -0.2) is 0 Å². The molecule has 2 aliphatic heterocycles. The van der Waals surface area contributed by atoms with Crippen molar-refractivity contribution >= 4 is 5.97 Å².